The summed E-state index contributed by atoms with van der Waals surface area (Å²) in [6.07, 6.45) is -1.72. The average molecular weight is 687 g/mol. The smallest absolute Gasteiger partial charge is 0.370 e. The highest BCUT2D eigenvalue weighted by molar-refractivity contribution is 8.00. The lowest BCUT2D eigenvalue weighted by atomic mass is 10.0. The van der Waals surface area contributed by atoms with Crippen molar-refractivity contribution in [2.75, 3.05) is 24.8 Å². The summed E-state index contributed by atoms with van der Waals surface area (Å²) in [5.41, 5.74) is -0.955. The molecule has 0 unspecified atom stereocenters. The number of hydrogen-bond acceptors (Lipinski definition) is 14. The summed E-state index contributed by atoms with van der Waals surface area (Å²) >= 11 is 1.74. The monoisotopic (exact) mass is 687 g/mol. The Morgan fingerprint density at radius 2 is 1.84 bits per heavy atom. The van der Waals surface area contributed by atoms with E-state index in [2.05, 4.69) is 20.3 Å². The van der Waals surface area contributed by atoms with Gasteiger partial charge in [0.1, 0.15) is 36.5 Å². The number of carbonyl (C=O) groups is 5. The maximum atomic E-state index is 13.0. The van der Waals surface area contributed by atoms with Crippen LogP contribution in [0.1, 0.15) is 19.0 Å². The Morgan fingerprint density at radius 3 is 2.37 bits per heavy atom. The molecule has 0 radical (unpaired) electrons. The second-order valence-electron chi connectivity index (χ2n) is 8.65. The molecule has 43 heavy (non-hydrogen) atoms. The van der Waals surface area contributed by atoms with E-state index in [9.17, 15) is 62.9 Å². The van der Waals surface area contributed by atoms with Gasteiger partial charge < -0.3 is 50.0 Å². The summed E-state index contributed by atoms with van der Waals surface area (Å²) in [7, 11) is -10.7. The third-order valence-electron chi connectivity index (χ3n) is 5.71. The van der Waals surface area contributed by atoms with E-state index in [0.717, 1.165) is 30.7 Å². The summed E-state index contributed by atoms with van der Waals surface area (Å²) in [5.74, 6) is -5.26. The molecule has 1 aromatic heterocycles. The number of fused-ring (bicyclic) bond motifs is 1. The van der Waals surface area contributed by atoms with Crippen LogP contribution in [0, 0.1) is 0 Å². The molecule has 0 aliphatic carbocycles. The largest absolute Gasteiger partial charge is 0.477 e. The van der Waals surface area contributed by atoms with Gasteiger partial charge >= 0.3 is 27.1 Å². The van der Waals surface area contributed by atoms with Crippen LogP contribution in [0.2, 0.25) is 0 Å². The first-order valence-electron chi connectivity index (χ1n) is 11.4. The molecule has 20 nitrogen and oxygen atoms in total. The molecule has 8 N–H and O–H groups in total. The number of nitrogens with one attached hydrogen (secondary N) is 2. The molecule has 236 valence electrons. The van der Waals surface area contributed by atoms with Crippen molar-refractivity contribution in [1.82, 2.24) is 15.2 Å². The van der Waals surface area contributed by atoms with Crippen LogP contribution in [-0.4, -0.2) is 111 Å². The van der Waals surface area contributed by atoms with Crippen molar-refractivity contribution in [2.24, 2.45) is 5.16 Å². The number of anilines is 1. The first kappa shape index (κ1) is 34.3. The molecule has 0 saturated carbocycles. The molecule has 3 heterocycles. The normalized spacial score (nSPS) is 19.3. The van der Waals surface area contributed by atoms with Gasteiger partial charge in [-0.05, 0) is 0 Å². The summed E-state index contributed by atoms with van der Waals surface area (Å²) in [6.45, 7) is 0.791. The lowest BCUT2D eigenvalue weighted by Gasteiger charge is -2.49. The maximum absolute atomic E-state index is 13.0. The first-order valence-corrected chi connectivity index (χ1v) is 16.5. The van der Waals surface area contributed by atoms with Gasteiger partial charge in [0.2, 0.25) is 5.91 Å². The van der Waals surface area contributed by atoms with Crippen LogP contribution in [0.15, 0.2) is 21.8 Å². The fourth-order valence-corrected chi connectivity index (χ4v) is 7.78. The first-order chi connectivity index (χ1) is 19.8. The molecular formula is C19H23N5O15P2S2. The number of thioether (sulfide) groups is 1. The predicted octanol–water partition coefficient (Wildman–Crippen LogP) is -1.87. The second-order valence-corrected chi connectivity index (χ2v) is 14.6. The van der Waals surface area contributed by atoms with Crippen LogP contribution in [0.25, 0.3) is 0 Å². The highest BCUT2D eigenvalue weighted by Crippen LogP contribution is 2.68. The van der Waals surface area contributed by atoms with Crippen molar-refractivity contribution in [2.45, 2.75) is 29.8 Å². The Balaban J connectivity index is 1.74. The predicted molar refractivity (Wildman–Crippen MR) is 144 cm³/mol. The van der Waals surface area contributed by atoms with Gasteiger partial charge in [0.05, 0.1) is 6.42 Å². The van der Waals surface area contributed by atoms with Gasteiger partial charge in [-0.3, -0.25) is 33.2 Å². The molecular weight excluding hydrogens is 664 g/mol. The number of aliphatic hydroxyl groups is 1. The number of hydrogen-bond donors (Lipinski definition) is 8. The van der Waals surface area contributed by atoms with Gasteiger partial charge in [-0.1, -0.05) is 5.16 Å². The SMILES string of the molecule is CO/N=C(\C(=O)N[C@@H]1C(=O)N2C(C(=O)O)=C(COC(C)=O)CS[C@H]12)c1csc(NC(=O)CC(O)(P(=O)(O)O)P(=O)(O)O)n1. The van der Waals surface area contributed by atoms with Crippen LogP contribution in [-0.2, 0) is 42.7 Å². The van der Waals surface area contributed by atoms with Gasteiger partial charge in [-0.2, -0.15) is 0 Å². The molecule has 0 bridgehead atoms. The number of aromatic nitrogens is 1. The highest BCUT2D eigenvalue weighted by atomic mass is 32.2. The topological polar surface area (TPSA) is 312 Å². The van der Waals surface area contributed by atoms with E-state index in [0.29, 0.717) is 11.3 Å². The van der Waals surface area contributed by atoms with Crippen molar-refractivity contribution in [3.8, 4) is 0 Å². The summed E-state index contributed by atoms with van der Waals surface area (Å²) in [6, 6.07) is -1.21. The van der Waals surface area contributed by atoms with Crippen LogP contribution in [0.4, 0.5) is 5.13 Å². The molecule has 3 amide bonds. The number of esters is 1. The molecule has 24 heteroatoms. The zero-order chi connectivity index (χ0) is 32.5. The fraction of sp³-hybridized carbons (Fsp3) is 0.421. The summed E-state index contributed by atoms with van der Waals surface area (Å²) in [4.78, 5) is 107. The zero-order valence-electron chi connectivity index (χ0n) is 21.8. The molecule has 2 aliphatic heterocycles. The third-order valence-corrected chi connectivity index (χ3v) is 11.6. The molecule has 0 aromatic carbocycles. The molecule has 0 spiro atoms. The van der Waals surface area contributed by atoms with Crippen LogP contribution >= 0.6 is 38.3 Å². The number of ether oxygens (including phenoxy) is 1. The van der Waals surface area contributed by atoms with Crippen molar-refractivity contribution in [1.29, 1.82) is 0 Å². The molecule has 1 saturated heterocycles. The van der Waals surface area contributed by atoms with E-state index in [1.807, 2.05) is 5.32 Å². The molecule has 2 atom stereocenters. The summed E-state index contributed by atoms with van der Waals surface area (Å²) in [5, 5.41) is 23.5. The number of carbonyl (C=O) groups excluding carboxylic acids is 4. The van der Waals surface area contributed by atoms with Crippen molar-refractivity contribution in [3.63, 3.8) is 0 Å². The Labute approximate surface area is 248 Å². The van der Waals surface area contributed by atoms with Crippen LogP contribution < -0.4 is 10.6 Å². The molecule has 1 fully saturated rings. The van der Waals surface area contributed by atoms with Crippen LogP contribution in [0.5, 0.6) is 0 Å². The average Bonchev–Trinajstić information content (AvgIpc) is 3.34. The molecule has 1 aromatic rings. The number of nitrogens with zero attached hydrogens (tertiary/aromatic N) is 3. The number of amides is 3. The quantitative estimate of drug-likeness (QED) is 0.0392. The van der Waals surface area contributed by atoms with Crippen molar-refractivity contribution < 1.29 is 72.5 Å². The van der Waals surface area contributed by atoms with Gasteiger partial charge in [-0.25, -0.2) is 9.78 Å². The maximum Gasteiger partial charge on any atom is 0.370 e. The Kier molecular flexibility index (Phi) is 10.2. The van der Waals surface area contributed by atoms with E-state index in [1.54, 1.807) is 0 Å². The second kappa shape index (κ2) is 12.8. The summed E-state index contributed by atoms with van der Waals surface area (Å²) < 4.78 is 27.8. The fourth-order valence-electron chi connectivity index (χ4n) is 3.68. The lowest BCUT2D eigenvalue weighted by molar-refractivity contribution is -0.150. The molecule has 2 aliphatic rings. The minimum atomic E-state index is -5.91. The zero-order valence-corrected chi connectivity index (χ0v) is 25.2. The minimum absolute atomic E-state index is 0.0725. The number of rotatable bonds is 12. The third kappa shape index (κ3) is 7.14. The number of β-lactam (4-membered cyclic amide) rings is 1. The van der Waals surface area contributed by atoms with Crippen molar-refractivity contribution in [3.05, 3.63) is 22.3 Å². The van der Waals surface area contributed by atoms with E-state index in [1.165, 1.54) is 5.38 Å². The molecule has 3 rings (SSSR count). The highest BCUT2D eigenvalue weighted by Gasteiger charge is 2.60. The number of carboxylic acids is 1. The minimum Gasteiger partial charge on any atom is -0.477 e. The Morgan fingerprint density at radius 1 is 1.21 bits per heavy atom. The number of aliphatic carboxylic acids is 1. The van der Waals surface area contributed by atoms with Crippen molar-refractivity contribution >= 4 is 78.8 Å². The van der Waals surface area contributed by atoms with E-state index in [4.69, 9.17) is 4.74 Å². The number of thiazole rings is 1. The number of carboxylic acid groups (broad SMARTS) is 1. The van der Waals surface area contributed by atoms with E-state index < -0.39 is 73.5 Å². The van der Waals surface area contributed by atoms with Gasteiger partial charge in [-0.15, -0.1) is 23.1 Å². The van der Waals surface area contributed by atoms with Gasteiger partial charge in [0.25, 0.3) is 16.9 Å². The lowest BCUT2D eigenvalue weighted by Crippen LogP contribution is -2.71. The van der Waals surface area contributed by atoms with E-state index in [-0.39, 0.29) is 34.5 Å². The van der Waals surface area contributed by atoms with Gasteiger partial charge in [0.15, 0.2) is 10.8 Å². The van der Waals surface area contributed by atoms with Crippen LogP contribution in [0.3, 0.4) is 0 Å². The Bertz CT molecular complexity index is 1490. The number of oxime groups is 1. The standard InChI is InChI=1S/C19H23N5O15P2S2/c1-7(25)39-4-8-5-42-16-12(15(28)24(16)13(8)17(29)30)22-14(27)11(23-38-2)9-6-43-18(20-9)21-10(26)3-19(31,40(32,33)34)41(35,36)37/h6,12,16,31H,3-5H2,1-2H3,(H,22,27)(H,29,30)(H,20,21,26)(H2,32,33,34)(H2,35,36,37)/b23-11-/t12-,16-/m1/s1. The Hall–Kier alpha value is -3.20. The van der Waals surface area contributed by atoms with E-state index >= 15 is 0 Å². The van der Waals surface area contributed by atoms with Gasteiger partial charge in [0, 0.05) is 23.6 Å².